The van der Waals surface area contributed by atoms with E-state index in [1.807, 2.05) is 0 Å². The molecule has 0 aromatic heterocycles. The van der Waals surface area contributed by atoms with Crippen molar-refractivity contribution in [2.45, 2.75) is 31.4 Å². The quantitative estimate of drug-likeness (QED) is 0.680. The fourth-order valence-corrected chi connectivity index (χ4v) is 2.89. The van der Waals surface area contributed by atoms with Crippen LogP contribution in [0.3, 0.4) is 0 Å². The zero-order valence-electron chi connectivity index (χ0n) is 6.68. The van der Waals surface area contributed by atoms with E-state index >= 15 is 0 Å². The van der Waals surface area contributed by atoms with E-state index in [9.17, 15) is 0 Å². The second-order valence-corrected chi connectivity index (χ2v) is 4.54. The van der Waals surface area contributed by atoms with Gasteiger partial charge in [0.15, 0.2) is 0 Å². The molecule has 0 aromatic rings. The van der Waals surface area contributed by atoms with Crippen LogP contribution in [0.4, 0.5) is 0 Å². The summed E-state index contributed by atoms with van der Waals surface area (Å²) in [6, 6.07) is 0. The van der Waals surface area contributed by atoms with E-state index in [4.69, 9.17) is 5.73 Å². The topological polar surface area (TPSA) is 26.0 Å². The lowest BCUT2D eigenvalue weighted by Crippen LogP contribution is -2.09. The molecule has 0 aromatic carbocycles. The molecule has 0 aliphatic carbocycles. The Bertz CT molecular complexity index is 95.3. The van der Waals surface area contributed by atoms with Crippen LogP contribution in [-0.2, 0) is 0 Å². The van der Waals surface area contributed by atoms with Crippen molar-refractivity contribution in [3.63, 3.8) is 0 Å². The molecular weight excluding hydrogens is 142 g/mol. The Morgan fingerprint density at radius 3 is 2.90 bits per heavy atom. The van der Waals surface area contributed by atoms with Crippen LogP contribution in [0.2, 0.25) is 0 Å². The first-order valence-corrected chi connectivity index (χ1v) is 5.21. The minimum absolute atomic E-state index is 0.869. The van der Waals surface area contributed by atoms with Crippen molar-refractivity contribution in [1.82, 2.24) is 0 Å². The summed E-state index contributed by atoms with van der Waals surface area (Å²) in [4.78, 5) is 0. The summed E-state index contributed by atoms with van der Waals surface area (Å²) >= 11 is 2.11. The lowest BCUT2D eigenvalue weighted by molar-refractivity contribution is 0.476. The smallest absolute Gasteiger partial charge is 0.00472 e. The fraction of sp³-hybridized carbons (Fsp3) is 1.00. The Balaban J connectivity index is 2.14. The normalized spacial score (nSPS) is 33.0. The van der Waals surface area contributed by atoms with E-state index in [1.54, 1.807) is 0 Å². The van der Waals surface area contributed by atoms with Gasteiger partial charge in [0.05, 0.1) is 0 Å². The Kier molecular flexibility index (Phi) is 3.57. The molecule has 0 spiro atoms. The SMILES string of the molecule is CC1SCCC1CCCN. The van der Waals surface area contributed by atoms with Crippen molar-refractivity contribution in [3.8, 4) is 0 Å². The predicted octanol–water partition coefficient (Wildman–Crippen LogP) is 1.87. The van der Waals surface area contributed by atoms with Crippen LogP contribution in [0.25, 0.3) is 0 Å². The number of hydrogen-bond acceptors (Lipinski definition) is 2. The summed E-state index contributed by atoms with van der Waals surface area (Å²) in [5.74, 6) is 2.34. The molecule has 1 rings (SSSR count). The minimum atomic E-state index is 0.869. The molecule has 0 amide bonds. The van der Waals surface area contributed by atoms with Gasteiger partial charge in [-0.15, -0.1) is 0 Å². The van der Waals surface area contributed by atoms with E-state index < -0.39 is 0 Å². The maximum atomic E-state index is 5.45. The van der Waals surface area contributed by atoms with Crippen molar-refractivity contribution in [3.05, 3.63) is 0 Å². The Hall–Kier alpha value is 0.310. The van der Waals surface area contributed by atoms with Gasteiger partial charge in [0.2, 0.25) is 0 Å². The van der Waals surface area contributed by atoms with Gasteiger partial charge in [-0.1, -0.05) is 6.92 Å². The minimum Gasteiger partial charge on any atom is -0.330 e. The molecule has 1 nitrogen and oxygen atoms in total. The maximum Gasteiger partial charge on any atom is 0.00472 e. The highest BCUT2D eigenvalue weighted by Crippen LogP contribution is 2.34. The third-order valence-electron chi connectivity index (χ3n) is 2.31. The summed E-state index contributed by atoms with van der Waals surface area (Å²) in [6.45, 7) is 3.22. The molecule has 1 aliphatic rings. The lowest BCUT2D eigenvalue weighted by Gasteiger charge is -2.12. The van der Waals surface area contributed by atoms with Crippen LogP contribution in [0, 0.1) is 5.92 Å². The molecule has 1 aliphatic heterocycles. The van der Waals surface area contributed by atoms with E-state index in [2.05, 4.69) is 18.7 Å². The van der Waals surface area contributed by atoms with Gasteiger partial charge in [0.1, 0.15) is 0 Å². The summed E-state index contributed by atoms with van der Waals surface area (Å²) in [5.41, 5.74) is 5.45. The fourth-order valence-electron chi connectivity index (χ4n) is 1.54. The zero-order chi connectivity index (χ0) is 7.40. The van der Waals surface area contributed by atoms with Gasteiger partial charge in [0, 0.05) is 5.25 Å². The predicted molar refractivity (Wildman–Crippen MR) is 48.3 cm³/mol. The summed E-state index contributed by atoms with van der Waals surface area (Å²) < 4.78 is 0. The van der Waals surface area contributed by atoms with Crippen molar-refractivity contribution < 1.29 is 0 Å². The molecule has 2 N–H and O–H groups in total. The Morgan fingerprint density at radius 1 is 1.60 bits per heavy atom. The number of rotatable bonds is 3. The molecule has 10 heavy (non-hydrogen) atoms. The zero-order valence-corrected chi connectivity index (χ0v) is 7.49. The van der Waals surface area contributed by atoms with Crippen molar-refractivity contribution >= 4 is 11.8 Å². The molecule has 1 saturated heterocycles. The van der Waals surface area contributed by atoms with Gasteiger partial charge < -0.3 is 5.73 Å². The van der Waals surface area contributed by atoms with Crippen LogP contribution in [0.5, 0.6) is 0 Å². The average Bonchev–Trinajstić information content (AvgIpc) is 2.31. The standard InChI is InChI=1S/C8H17NS/c1-7-8(3-2-5-9)4-6-10-7/h7-8H,2-6,9H2,1H3. The summed E-state index contributed by atoms with van der Waals surface area (Å²) in [7, 11) is 0. The molecule has 0 saturated carbocycles. The van der Waals surface area contributed by atoms with Gasteiger partial charge in [-0.3, -0.25) is 0 Å². The van der Waals surface area contributed by atoms with Crippen molar-refractivity contribution in [1.29, 1.82) is 0 Å². The van der Waals surface area contributed by atoms with Crippen molar-refractivity contribution in [2.75, 3.05) is 12.3 Å². The molecule has 0 bridgehead atoms. The Labute approximate surface area is 67.8 Å². The number of hydrogen-bond donors (Lipinski definition) is 1. The van der Waals surface area contributed by atoms with Crippen LogP contribution >= 0.6 is 11.8 Å². The largest absolute Gasteiger partial charge is 0.330 e. The third kappa shape index (κ3) is 2.17. The maximum absolute atomic E-state index is 5.45. The van der Waals surface area contributed by atoms with Gasteiger partial charge in [-0.25, -0.2) is 0 Å². The highest BCUT2D eigenvalue weighted by Gasteiger charge is 2.22. The first kappa shape index (κ1) is 8.41. The van der Waals surface area contributed by atoms with E-state index in [0.29, 0.717) is 0 Å². The first-order valence-electron chi connectivity index (χ1n) is 4.16. The average molecular weight is 159 g/mol. The molecule has 60 valence electrons. The van der Waals surface area contributed by atoms with Crippen molar-refractivity contribution in [2.24, 2.45) is 11.7 Å². The second-order valence-electron chi connectivity index (χ2n) is 3.06. The van der Waals surface area contributed by atoms with Crippen LogP contribution in [0.15, 0.2) is 0 Å². The number of thioether (sulfide) groups is 1. The van der Waals surface area contributed by atoms with Gasteiger partial charge in [0.25, 0.3) is 0 Å². The monoisotopic (exact) mass is 159 g/mol. The highest BCUT2D eigenvalue weighted by molar-refractivity contribution is 8.00. The highest BCUT2D eigenvalue weighted by atomic mass is 32.2. The summed E-state index contributed by atoms with van der Waals surface area (Å²) in [5, 5.41) is 0.895. The van der Waals surface area contributed by atoms with Gasteiger partial charge >= 0.3 is 0 Å². The third-order valence-corrected chi connectivity index (χ3v) is 3.69. The second kappa shape index (κ2) is 4.24. The molecule has 2 heteroatoms. The lowest BCUT2D eigenvalue weighted by atomic mass is 9.98. The van der Waals surface area contributed by atoms with E-state index in [-0.39, 0.29) is 0 Å². The molecule has 0 radical (unpaired) electrons. The summed E-state index contributed by atoms with van der Waals surface area (Å²) in [6.07, 6.45) is 3.99. The molecule has 2 unspecified atom stereocenters. The van der Waals surface area contributed by atoms with Gasteiger partial charge in [-0.2, -0.15) is 11.8 Å². The molecule has 1 heterocycles. The van der Waals surface area contributed by atoms with Crippen LogP contribution in [-0.4, -0.2) is 17.5 Å². The van der Waals surface area contributed by atoms with E-state index in [1.165, 1.54) is 25.0 Å². The molecule has 2 atom stereocenters. The van der Waals surface area contributed by atoms with E-state index in [0.717, 1.165) is 17.7 Å². The molecular formula is C8H17NS. The number of nitrogens with two attached hydrogens (primary N) is 1. The van der Waals surface area contributed by atoms with Gasteiger partial charge in [-0.05, 0) is 37.5 Å². The molecule has 1 fully saturated rings. The first-order chi connectivity index (χ1) is 4.84. The Morgan fingerprint density at radius 2 is 2.40 bits per heavy atom. The van der Waals surface area contributed by atoms with Crippen LogP contribution in [0.1, 0.15) is 26.2 Å². The van der Waals surface area contributed by atoms with Crippen LogP contribution < -0.4 is 5.73 Å².